The molecule has 5 heteroatoms. The first-order valence-corrected chi connectivity index (χ1v) is 8.68. The highest BCUT2D eigenvalue weighted by atomic mass is 79.9. The molecule has 114 valence electrons. The van der Waals surface area contributed by atoms with E-state index in [1.807, 2.05) is 18.3 Å². The molecule has 1 saturated heterocycles. The zero-order valence-electron chi connectivity index (χ0n) is 12.3. The molecule has 0 aromatic carbocycles. The predicted molar refractivity (Wildman–Crippen MR) is 87.3 cm³/mol. The molecule has 0 unspecified atom stereocenters. The van der Waals surface area contributed by atoms with E-state index in [-0.39, 0.29) is 5.92 Å². The van der Waals surface area contributed by atoms with Gasteiger partial charge in [-0.25, -0.2) is 4.98 Å². The number of aromatic nitrogens is 1. The first-order chi connectivity index (χ1) is 10.2. The Morgan fingerprint density at radius 1 is 1.10 bits per heavy atom. The molecule has 1 aromatic rings. The van der Waals surface area contributed by atoms with Crippen molar-refractivity contribution in [3.8, 4) is 0 Å². The third-order valence-corrected chi connectivity index (χ3v) is 5.05. The van der Waals surface area contributed by atoms with Gasteiger partial charge in [0.2, 0.25) is 5.91 Å². The molecule has 2 fully saturated rings. The third kappa shape index (κ3) is 3.57. The standard InChI is InChI=1S/C16H22BrN3O/c17-14-6-7-15(18-12-14)19-8-10-20(11-9-19)16(21)13-4-2-1-3-5-13/h6-7,12-13H,1-5,8-11H2. The summed E-state index contributed by atoms with van der Waals surface area (Å²) in [6, 6.07) is 4.05. The van der Waals surface area contributed by atoms with E-state index in [1.165, 1.54) is 19.3 Å². The van der Waals surface area contributed by atoms with E-state index in [0.717, 1.165) is 49.3 Å². The molecule has 1 aliphatic carbocycles. The van der Waals surface area contributed by atoms with Crippen molar-refractivity contribution in [1.82, 2.24) is 9.88 Å². The molecule has 2 aliphatic rings. The highest BCUT2D eigenvalue weighted by molar-refractivity contribution is 9.10. The second kappa shape index (κ2) is 6.77. The smallest absolute Gasteiger partial charge is 0.225 e. The van der Waals surface area contributed by atoms with Crippen molar-refractivity contribution in [2.24, 2.45) is 5.92 Å². The number of nitrogens with zero attached hydrogens (tertiary/aromatic N) is 3. The van der Waals surface area contributed by atoms with Gasteiger partial charge in [0.15, 0.2) is 0 Å². The molecule has 0 N–H and O–H groups in total. The van der Waals surface area contributed by atoms with Crippen LogP contribution in [0.15, 0.2) is 22.8 Å². The van der Waals surface area contributed by atoms with Crippen molar-refractivity contribution < 1.29 is 4.79 Å². The molecule has 4 nitrogen and oxygen atoms in total. The zero-order valence-corrected chi connectivity index (χ0v) is 13.9. The number of anilines is 1. The van der Waals surface area contributed by atoms with E-state index in [1.54, 1.807) is 0 Å². The summed E-state index contributed by atoms with van der Waals surface area (Å²) in [6.07, 6.45) is 7.75. The van der Waals surface area contributed by atoms with Crippen LogP contribution in [0, 0.1) is 5.92 Å². The first-order valence-electron chi connectivity index (χ1n) is 7.89. The van der Waals surface area contributed by atoms with E-state index >= 15 is 0 Å². The minimum Gasteiger partial charge on any atom is -0.353 e. The van der Waals surface area contributed by atoms with Crippen molar-refractivity contribution in [1.29, 1.82) is 0 Å². The van der Waals surface area contributed by atoms with Gasteiger partial charge in [-0.05, 0) is 40.9 Å². The molecule has 0 spiro atoms. The molecule has 1 saturated carbocycles. The van der Waals surface area contributed by atoms with Gasteiger partial charge < -0.3 is 9.80 Å². The lowest BCUT2D eigenvalue weighted by atomic mass is 9.88. The van der Waals surface area contributed by atoms with Crippen LogP contribution in [-0.4, -0.2) is 42.0 Å². The van der Waals surface area contributed by atoms with Gasteiger partial charge in [-0.3, -0.25) is 4.79 Å². The molecule has 2 heterocycles. The topological polar surface area (TPSA) is 36.4 Å². The fourth-order valence-electron chi connectivity index (χ4n) is 3.32. The first kappa shape index (κ1) is 14.8. The van der Waals surface area contributed by atoms with Gasteiger partial charge in [-0.15, -0.1) is 0 Å². The number of hydrogen-bond donors (Lipinski definition) is 0. The number of carbonyl (C=O) groups excluding carboxylic acids is 1. The van der Waals surface area contributed by atoms with Crippen LogP contribution >= 0.6 is 15.9 Å². The lowest BCUT2D eigenvalue weighted by Crippen LogP contribution is -2.50. The Morgan fingerprint density at radius 3 is 2.43 bits per heavy atom. The Balaban J connectivity index is 1.54. The lowest BCUT2D eigenvalue weighted by Gasteiger charge is -2.37. The summed E-state index contributed by atoms with van der Waals surface area (Å²) in [5, 5.41) is 0. The van der Waals surface area contributed by atoms with Crippen LogP contribution in [0.2, 0.25) is 0 Å². The molecule has 0 radical (unpaired) electrons. The zero-order chi connectivity index (χ0) is 14.7. The fourth-order valence-corrected chi connectivity index (χ4v) is 3.55. The van der Waals surface area contributed by atoms with E-state index in [2.05, 4.69) is 30.7 Å². The van der Waals surface area contributed by atoms with Gasteiger partial charge in [0, 0.05) is 42.8 Å². The third-order valence-electron chi connectivity index (χ3n) is 4.58. The second-order valence-corrected chi connectivity index (χ2v) is 6.90. The summed E-state index contributed by atoms with van der Waals surface area (Å²) in [4.78, 5) is 21.3. The fraction of sp³-hybridized carbons (Fsp3) is 0.625. The van der Waals surface area contributed by atoms with Crippen LogP contribution in [0.1, 0.15) is 32.1 Å². The summed E-state index contributed by atoms with van der Waals surface area (Å²) in [5.74, 6) is 1.68. The van der Waals surface area contributed by atoms with Crippen molar-refractivity contribution in [3.63, 3.8) is 0 Å². The molecule has 1 aliphatic heterocycles. The van der Waals surface area contributed by atoms with E-state index in [4.69, 9.17) is 0 Å². The Bertz CT molecular complexity index is 477. The van der Waals surface area contributed by atoms with Crippen molar-refractivity contribution in [2.45, 2.75) is 32.1 Å². The minimum absolute atomic E-state index is 0.288. The quantitative estimate of drug-likeness (QED) is 0.821. The molecule has 21 heavy (non-hydrogen) atoms. The largest absolute Gasteiger partial charge is 0.353 e. The normalized spacial score (nSPS) is 20.6. The number of hydrogen-bond acceptors (Lipinski definition) is 3. The summed E-state index contributed by atoms with van der Waals surface area (Å²) >= 11 is 3.41. The molecule has 1 amide bonds. The van der Waals surface area contributed by atoms with Crippen molar-refractivity contribution in [2.75, 3.05) is 31.1 Å². The van der Waals surface area contributed by atoms with Crippen molar-refractivity contribution in [3.05, 3.63) is 22.8 Å². The Morgan fingerprint density at radius 2 is 1.81 bits per heavy atom. The maximum Gasteiger partial charge on any atom is 0.225 e. The number of piperazine rings is 1. The monoisotopic (exact) mass is 351 g/mol. The van der Waals surface area contributed by atoms with Crippen LogP contribution in [-0.2, 0) is 4.79 Å². The van der Waals surface area contributed by atoms with Gasteiger partial charge in [0.05, 0.1) is 0 Å². The number of carbonyl (C=O) groups is 1. The summed E-state index contributed by atoms with van der Waals surface area (Å²) in [7, 11) is 0. The van der Waals surface area contributed by atoms with Crippen molar-refractivity contribution >= 4 is 27.7 Å². The number of halogens is 1. The van der Waals surface area contributed by atoms with E-state index in [9.17, 15) is 4.79 Å². The number of pyridine rings is 1. The second-order valence-electron chi connectivity index (χ2n) is 5.98. The average Bonchev–Trinajstić information content (AvgIpc) is 2.56. The molecule has 1 aromatic heterocycles. The molecular weight excluding hydrogens is 330 g/mol. The number of rotatable bonds is 2. The molecule has 0 bridgehead atoms. The summed E-state index contributed by atoms with van der Waals surface area (Å²) in [6.45, 7) is 3.42. The van der Waals surface area contributed by atoms with Crippen LogP contribution in [0.4, 0.5) is 5.82 Å². The number of amides is 1. The van der Waals surface area contributed by atoms with Gasteiger partial charge in [0.1, 0.15) is 5.82 Å². The van der Waals surface area contributed by atoms with Gasteiger partial charge in [0.25, 0.3) is 0 Å². The van der Waals surface area contributed by atoms with Crippen LogP contribution in [0.5, 0.6) is 0 Å². The highest BCUT2D eigenvalue weighted by Gasteiger charge is 2.28. The highest BCUT2D eigenvalue weighted by Crippen LogP contribution is 2.26. The summed E-state index contributed by atoms with van der Waals surface area (Å²) < 4.78 is 0.998. The average molecular weight is 352 g/mol. The minimum atomic E-state index is 0.288. The maximum absolute atomic E-state index is 12.5. The van der Waals surface area contributed by atoms with Gasteiger partial charge in [-0.1, -0.05) is 19.3 Å². The SMILES string of the molecule is O=C(C1CCCCC1)N1CCN(c2ccc(Br)cn2)CC1. The van der Waals surface area contributed by atoms with Crippen LogP contribution < -0.4 is 4.90 Å². The van der Waals surface area contributed by atoms with Crippen LogP contribution in [0.25, 0.3) is 0 Å². The maximum atomic E-state index is 12.5. The summed E-state index contributed by atoms with van der Waals surface area (Å²) in [5.41, 5.74) is 0. The van der Waals surface area contributed by atoms with Gasteiger partial charge >= 0.3 is 0 Å². The Labute approximate surface area is 134 Å². The van der Waals surface area contributed by atoms with Crippen LogP contribution in [0.3, 0.4) is 0 Å². The molecular formula is C16H22BrN3O. The van der Waals surface area contributed by atoms with E-state index in [0.29, 0.717) is 5.91 Å². The molecule has 0 atom stereocenters. The van der Waals surface area contributed by atoms with E-state index < -0.39 is 0 Å². The Hall–Kier alpha value is -1.10. The Kier molecular flexibility index (Phi) is 4.78. The lowest BCUT2D eigenvalue weighted by molar-refractivity contribution is -0.136. The van der Waals surface area contributed by atoms with Gasteiger partial charge in [-0.2, -0.15) is 0 Å². The predicted octanol–water partition coefficient (Wildman–Crippen LogP) is 3.07. The molecule has 3 rings (SSSR count).